The lowest BCUT2D eigenvalue weighted by Crippen LogP contribution is -2.50. The number of hydrogen-bond donors (Lipinski definition) is 2. The summed E-state index contributed by atoms with van der Waals surface area (Å²) in [5.41, 5.74) is 0.0107. The minimum atomic E-state index is -0.533. The van der Waals surface area contributed by atoms with Crippen molar-refractivity contribution in [3.63, 3.8) is 0 Å². The number of rotatable bonds is 5. The third-order valence-corrected chi connectivity index (χ3v) is 3.32. The van der Waals surface area contributed by atoms with Crippen molar-refractivity contribution in [1.29, 1.82) is 0 Å². The predicted molar refractivity (Wildman–Crippen MR) is 66.0 cm³/mol. The van der Waals surface area contributed by atoms with Gasteiger partial charge in [0.25, 0.3) is 5.91 Å². The highest BCUT2D eigenvalue weighted by molar-refractivity contribution is 5.95. The van der Waals surface area contributed by atoms with Gasteiger partial charge in [-0.3, -0.25) is 4.79 Å². The monoisotopic (exact) mass is 239 g/mol. The molecule has 1 heterocycles. The van der Waals surface area contributed by atoms with E-state index < -0.39 is 5.54 Å². The molecule has 0 radical (unpaired) electrons. The van der Waals surface area contributed by atoms with Crippen molar-refractivity contribution < 1.29 is 14.3 Å². The van der Waals surface area contributed by atoms with Crippen LogP contribution in [0.2, 0.25) is 0 Å². The Hall–Kier alpha value is -1.29. The molecule has 0 unspecified atom stereocenters. The van der Waals surface area contributed by atoms with Gasteiger partial charge in [0.2, 0.25) is 0 Å². The Labute approximate surface area is 102 Å². The Morgan fingerprint density at radius 1 is 1.41 bits per heavy atom. The number of aliphatic hydroxyl groups excluding tert-OH is 1. The van der Waals surface area contributed by atoms with E-state index in [1.54, 1.807) is 13.0 Å². The molecule has 0 aromatic carbocycles. The van der Waals surface area contributed by atoms with Crippen molar-refractivity contribution in [2.75, 3.05) is 6.61 Å². The van der Waals surface area contributed by atoms with Crippen LogP contribution in [-0.2, 0) is 0 Å². The highest BCUT2D eigenvalue weighted by Crippen LogP contribution is 2.18. The molecule has 0 saturated heterocycles. The van der Waals surface area contributed by atoms with Gasteiger partial charge in [-0.1, -0.05) is 13.8 Å². The molecule has 0 bridgehead atoms. The molecule has 0 atom stereocenters. The second-order valence-corrected chi connectivity index (χ2v) is 4.43. The van der Waals surface area contributed by atoms with Gasteiger partial charge in [0.15, 0.2) is 0 Å². The van der Waals surface area contributed by atoms with Gasteiger partial charge in [-0.15, -0.1) is 0 Å². The summed E-state index contributed by atoms with van der Waals surface area (Å²) in [5, 5.41) is 12.3. The Balaban J connectivity index is 2.88. The van der Waals surface area contributed by atoms with E-state index in [-0.39, 0.29) is 12.5 Å². The fraction of sp³-hybridized carbons (Fsp3) is 0.615. The molecular weight excluding hydrogens is 218 g/mol. The maximum absolute atomic E-state index is 12.1. The molecule has 0 aliphatic heterocycles. The maximum Gasteiger partial charge on any atom is 0.255 e. The quantitative estimate of drug-likeness (QED) is 0.827. The van der Waals surface area contributed by atoms with Crippen LogP contribution >= 0.6 is 0 Å². The number of hydrogen-bond acceptors (Lipinski definition) is 3. The third kappa shape index (κ3) is 2.88. The van der Waals surface area contributed by atoms with Crippen molar-refractivity contribution in [3.05, 3.63) is 23.2 Å². The highest BCUT2D eigenvalue weighted by Gasteiger charge is 2.28. The molecule has 1 aromatic heterocycles. The van der Waals surface area contributed by atoms with Gasteiger partial charge < -0.3 is 14.8 Å². The van der Waals surface area contributed by atoms with Crippen molar-refractivity contribution in [3.8, 4) is 0 Å². The van der Waals surface area contributed by atoms with Gasteiger partial charge in [-0.25, -0.2) is 0 Å². The Morgan fingerprint density at radius 2 is 2.00 bits per heavy atom. The number of amides is 1. The van der Waals surface area contributed by atoms with E-state index in [1.165, 1.54) is 0 Å². The zero-order chi connectivity index (χ0) is 13.1. The summed E-state index contributed by atoms with van der Waals surface area (Å²) >= 11 is 0. The molecule has 4 heteroatoms. The zero-order valence-electron chi connectivity index (χ0n) is 11.0. The third-order valence-electron chi connectivity index (χ3n) is 3.32. The first-order chi connectivity index (χ1) is 7.98. The van der Waals surface area contributed by atoms with Crippen LogP contribution in [0.3, 0.4) is 0 Å². The van der Waals surface area contributed by atoms with E-state index in [0.29, 0.717) is 24.2 Å². The van der Waals surface area contributed by atoms with Crippen LogP contribution in [0.4, 0.5) is 0 Å². The van der Waals surface area contributed by atoms with E-state index >= 15 is 0 Å². The van der Waals surface area contributed by atoms with Crippen molar-refractivity contribution in [2.24, 2.45) is 0 Å². The molecule has 0 fully saturated rings. The number of aryl methyl sites for hydroxylation is 2. The summed E-state index contributed by atoms with van der Waals surface area (Å²) < 4.78 is 5.33. The van der Waals surface area contributed by atoms with Crippen LogP contribution in [0.25, 0.3) is 0 Å². The molecule has 1 rings (SSSR count). The maximum atomic E-state index is 12.1. The van der Waals surface area contributed by atoms with E-state index in [1.807, 2.05) is 20.8 Å². The fourth-order valence-corrected chi connectivity index (χ4v) is 1.85. The summed E-state index contributed by atoms with van der Waals surface area (Å²) in [6, 6.07) is 1.72. The molecule has 0 aliphatic rings. The Morgan fingerprint density at radius 3 is 2.35 bits per heavy atom. The number of furan rings is 1. The topological polar surface area (TPSA) is 62.5 Å². The molecule has 1 amide bonds. The van der Waals surface area contributed by atoms with Crippen molar-refractivity contribution in [2.45, 2.75) is 46.1 Å². The molecule has 1 aromatic rings. The molecule has 17 heavy (non-hydrogen) atoms. The van der Waals surface area contributed by atoms with Gasteiger partial charge in [-0.05, 0) is 32.8 Å². The predicted octanol–water partition coefficient (Wildman–Crippen LogP) is 2.18. The SMILES string of the molecule is CCC(CC)(CO)NC(=O)c1cc(C)oc1C. The first-order valence-corrected chi connectivity index (χ1v) is 5.98. The lowest BCUT2D eigenvalue weighted by molar-refractivity contribution is 0.0816. The van der Waals surface area contributed by atoms with Gasteiger partial charge in [0.1, 0.15) is 11.5 Å². The van der Waals surface area contributed by atoms with Crippen LogP contribution in [0.15, 0.2) is 10.5 Å². The van der Waals surface area contributed by atoms with E-state index in [2.05, 4.69) is 5.32 Å². The second kappa shape index (κ2) is 5.36. The number of aliphatic hydroxyl groups is 1. The van der Waals surface area contributed by atoms with Gasteiger partial charge in [0, 0.05) is 0 Å². The van der Waals surface area contributed by atoms with Crippen LogP contribution in [0, 0.1) is 13.8 Å². The largest absolute Gasteiger partial charge is 0.466 e. The molecule has 0 saturated carbocycles. The molecule has 0 spiro atoms. The van der Waals surface area contributed by atoms with Gasteiger partial charge in [0.05, 0.1) is 17.7 Å². The van der Waals surface area contributed by atoms with Crippen LogP contribution in [0.5, 0.6) is 0 Å². The summed E-state index contributed by atoms with van der Waals surface area (Å²) in [7, 11) is 0. The lowest BCUT2D eigenvalue weighted by Gasteiger charge is -2.30. The molecule has 0 aliphatic carbocycles. The molecule has 2 N–H and O–H groups in total. The number of nitrogens with one attached hydrogen (secondary N) is 1. The van der Waals surface area contributed by atoms with Crippen molar-refractivity contribution >= 4 is 5.91 Å². The lowest BCUT2D eigenvalue weighted by atomic mass is 9.93. The summed E-state index contributed by atoms with van der Waals surface area (Å²) in [6.45, 7) is 7.42. The summed E-state index contributed by atoms with van der Waals surface area (Å²) in [5.74, 6) is 1.14. The average Bonchev–Trinajstić information content (AvgIpc) is 2.65. The fourth-order valence-electron chi connectivity index (χ4n) is 1.85. The zero-order valence-corrected chi connectivity index (χ0v) is 11.0. The number of carbonyl (C=O) groups is 1. The summed E-state index contributed by atoms with van der Waals surface area (Å²) in [6.07, 6.45) is 1.39. The van der Waals surface area contributed by atoms with Crippen LogP contribution in [0.1, 0.15) is 48.6 Å². The van der Waals surface area contributed by atoms with E-state index in [9.17, 15) is 9.90 Å². The standard InChI is InChI=1S/C13H21NO3/c1-5-13(6-2,8-15)14-12(16)11-7-9(3)17-10(11)4/h7,15H,5-6,8H2,1-4H3,(H,14,16). The molecular formula is C13H21NO3. The van der Waals surface area contributed by atoms with E-state index in [0.717, 1.165) is 5.76 Å². The highest BCUT2D eigenvalue weighted by atomic mass is 16.3. The minimum Gasteiger partial charge on any atom is -0.466 e. The summed E-state index contributed by atoms with van der Waals surface area (Å²) in [4.78, 5) is 12.1. The molecule has 4 nitrogen and oxygen atoms in total. The van der Waals surface area contributed by atoms with Crippen LogP contribution in [-0.4, -0.2) is 23.2 Å². The first-order valence-electron chi connectivity index (χ1n) is 5.98. The normalized spacial score (nSPS) is 11.6. The van der Waals surface area contributed by atoms with Crippen LogP contribution < -0.4 is 5.32 Å². The second-order valence-electron chi connectivity index (χ2n) is 4.43. The van der Waals surface area contributed by atoms with E-state index in [4.69, 9.17) is 4.42 Å². The average molecular weight is 239 g/mol. The smallest absolute Gasteiger partial charge is 0.255 e. The van der Waals surface area contributed by atoms with Gasteiger partial charge in [-0.2, -0.15) is 0 Å². The molecule has 96 valence electrons. The first kappa shape index (κ1) is 13.8. The minimum absolute atomic E-state index is 0.0539. The van der Waals surface area contributed by atoms with Crippen molar-refractivity contribution in [1.82, 2.24) is 5.32 Å². The Kier molecular flexibility index (Phi) is 4.34. The number of carbonyl (C=O) groups excluding carboxylic acids is 1. The van der Waals surface area contributed by atoms with Gasteiger partial charge >= 0.3 is 0 Å². The Bertz CT molecular complexity index is 383.